The van der Waals surface area contributed by atoms with Crippen LogP contribution >= 0.6 is 0 Å². The van der Waals surface area contributed by atoms with Gasteiger partial charge in [-0.25, -0.2) is 4.79 Å². The molecule has 2 rings (SSSR count). The number of likely N-dealkylation sites (tertiary alicyclic amines) is 1. The number of hydrogen-bond donors (Lipinski definition) is 2. The second-order valence-electron chi connectivity index (χ2n) is 7.84. The SMILES string of the molecule is CC(C)(C)CC(CNC(=O)N1CC2CCCC2C1)C(=O)O. The molecule has 120 valence electrons. The van der Waals surface area contributed by atoms with Crippen LogP contribution < -0.4 is 5.32 Å². The fourth-order valence-electron chi connectivity index (χ4n) is 3.71. The first kappa shape index (κ1) is 16.1. The number of carbonyl (C=O) groups excluding carboxylic acids is 1. The first-order chi connectivity index (χ1) is 9.76. The molecule has 2 aliphatic rings. The van der Waals surface area contributed by atoms with E-state index in [1.54, 1.807) is 0 Å². The molecule has 5 nitrogen and oxygen atoms in total. The molecule has 1 saturated heterocycles. The lowest BCUT2D eigenvalue weighted by Crippen LogP contribution is -2.42. The molecular weight excluding hydrogens is 268 g/mol. The van der Waals surface area contributed by atoms with Crippen molar-refractivity contribution in [2.24, 2.45) is 23.2 Å². The van der Waals surface area contributed by atoms with Crippen LogP contribution in [-0.4, -0.2) is 41.6 Å². The lowest BCUT2D eigenvalue weighted by atomic mass is 9.84. The minimum Gasteiger partial charge on any atom is -0.481 e. The van der Waals surface area contributed by atoms with E-state index < -0.39 is 11.9 Å². The smallest absolute Gasteiger partial charge is 0.317 e. The minimum absolute atomic E-state index is 0.0571. The molecule has 0 aromatic rings. The molecular formula is C16H28N2O3. The Bertz CT molecular complexity index is 391. The first-order valence-corrected chi connectivity index (χ1v) is 8.02. The molecule has 3 unspecified atom stereocenters. The van der Waals surface area contributed by atoms with Gasteiger partial charge in [-0.3, -0.25) is 4.79 Å². The summed E-state index contributed by atoms with van der Waals surface area (Å²) in [7, 11) is 0. The van der Waals surface area contributed by atoms with Crippen LogP contribution in [0.2, 0.25) is 0 Å². The Morgan fingerprint density at radius 1 is 1.24 bits per heavy atom. The predicted octanol–water partition coefficient (Wildman–Crippen LogP) is 2.56. The Kier molecular flexibility index (Phi) is 4.79. The lowest BCUT2D eigenvalue weighted by molar-refractivity contribution is -0.142. The van der Waals surface area contributed by atoms with Gasteiger partial charge in [0.25, 0.3) is 0 Å². The zero-order valence-electron chi connectivity index (χ0n) is 13.4. The Morgan fingerprint density at radius 2 is 1.81 bits per heavy atom. The van der Waals surface area contributed by atoms with Gasteiger partial charge in [0, 0.05) is 19.6 Å². The second kappa shape index (κ2) is 6.24. The average molecular weight is 296 g/mol. The largest absolute Gasteiger partial charge is 0.481 e. The highest BCUT2D eigenvalue weighted by Crippen LogP contribution is 2.37. The number of carboxylic acid groups (broad SMARTS) is 1. The summed E-state index contributed by atoms with van der Waals surface area (Å²) in [5.41, 5.74) is -0.0571. The van der Waals surface area contributed by atoms with Crippen LogP contribution in [0, 0.1) is 23.2 Å². The highest BCUT2D eigenvalue weighted by molar-refractivity contribution is 5.76. The van der Waals surface area contributed by atoms with Gasteiger partial charge in [-0.1, -0.05) is 27.2 Å². The molecule has 3 atom stereocenters. The van der Waals surface area contributed by atoms with Crippen LogP contribution in [0.5, 0.6) is 0 Å². The van der Waals surface area contributed by atoms with Crippen LogP contribution in [0.3, 0.4) is 0 Å². The zero-order valence-corrected chi connectivity index (χ0v) is 13.4. The van der Waals surface area contributed by atoms with Crippen LogP contribution in [0.1, 0.15) is 46.5 Å². The normalized spacial score (nSPS) is 26.5. The van der Waals surface area contributed by atoms with Crippen molar-refractivity contribution in [3.8, 4) is 0 Å². The van der Waals surface area contributed by atoms with Gasteiger partial charge >= 0.3 is 12.0 Å². The van der Waals surface area contributed by atoms with E-state index in [2.05, 4.69) is 5.32 Å². The van der Waals surface area contributed by atoms with Crippen molar-refractivity contribution in [2.75, 3.05) is 19.6 Å². The van der Waals surface area contributed by atoms with Crippen molar-refractivity contribution < 1.29 is 14.7 Å². The molecule has 1 aliphatic carbocycles. The Balaban J connectivity index is 1.81. The molecule has 0 bridgehead atoms. The monoisotopic (exact) mass is 296 g/mol. The summed E-state index contributed by atoms with van der Waals surface area (Å²) in [4.78, 5) is 25.4. The highest BCUT2D eigenvalue weighted by atomic mass is 16.4. The van der Waals surface area contributed by atoms with E-state index >= 15 is 0 Å². The molecule has 2 fully saturated rings. The number of fused-ring (bicyclic) bond motifs is 1. The summed E-state index contributed by atoms with van der Waals surface area (Å²) in [6, 6.07) is -0.0930. The Labute approximate surface area is 127 Å². The lowest BCUT2D eigenvalue weighted by Gasteiger charge is -2.25. The van der Waals surface area contributed by atoms with Crippen LogP contribution in [0.25, 0.3) is 0 Å². The number of urea groups is 1. The maximum atomic E-state index is 12.2. The zero-order chi connectivity index (χ0) is 15.6. The van der Waals surface area contributed by atoms with Crippen molar-refractivity contribution in [1.82, 2.24) is 10.2 Å². The van der Waals surface area contributed by atoms with Gasteiger partial charge in [0.2, 0.25) is 0 Å². The summed E-state index contributed by atoms with van der Waals surface area (Å²) < 4.78 is 0. The van der Waals surface area contributed by atoms with E-state index in [0.717, 1.165) is 13.1 Å². The molecule has 2 amide bonds. The molecule has 0 radical (unpaired) electrons. The molecule has 1 heterocycles. The van der Waals surface area contributed by atoms with Crippen molar-refractivity contribution >= 4 is 12.0 Å². The molecule has 1 saturated carbocycles. The third-order valence-electron chi connectivity index (χ3n) is 4.72. The van der Waals surface area contributed by atoms with Gasteiger partial charge in [-0.15, -0.1) is 0 Å². The fraction of sp³-hybridized carbons (Fsp3) is 0.875. The van der Waals surface area contributed by atoms with Gasteiger partial charge in [-0.05, 0) is 36.5 Å². The van der Waals surface area contributed by atoms with E-state index in [1.165, 1.54) is 19.3 Å². The number of carbonyl (C=O) groups is 2. The maximum Gasteiger partial charge on any atom is 0.317 e. The summed E-state index contributed by atoms with van der Waals surface area (Å²) in [6.45, 7) is 7.96. The molecule has 1 aliphatic heterocycles. The standard InChI is InChI=1S/C16H28N2O3/c1-16(2,3)7-13(14(19)20)8-17-15(21)18-9-11-5-4-6-12(11)10-18/h11-13H,4-10H2,1-3H3,(H,17,21)(H,19,20). The molecule has 0 aromatic carbocycles. The summed E-state index contributed by atoms with van der Waals surface area (Å²) in [5, 5.41) is 12.1. The van der Waals surface area contributed by atoms with Crippen molar-refractivity contribution in [3.63, 3.8) is 0 Å². The van der Waals surface area contributed by atoms with E-state index in [-0.39, 0.29) is 18.0 Å². The third-order valence-corrected chi connectivity index (χ3v) is 4.72. The molecule has 2 N–H and O–H groups in total. The van der Waals surface area contributed by atoms with E-state index in [4.69, 9.17) is 0 Å². The number of nitrogens with one attached hydrogen (secondary N) is 1. The van der Waals surface area contributed by atoms with Gasteiger partial charge < -0.3 is 15.3 Å². The Hall–Kier alpha value is -1.26. The molecule has 0 aromatic heterocycles. The summed E-state index contributed by atoms with van der Waals surface area (Å²) >= 11 is 0. The quantitative estimate of drug-likeness (QED) is 0.837. The van der Waals surface area contributed by atoms with Crippen molar-refractivity contribution in [2.45, 2.75) is 46.5 Å². The van der Waals surface area contributed by atoms with Gasteiger partial charge in [0.15, 0.2) is 0 Å². The number of rotatable bonds is 4. The van der Waals surface area contributed by atoms with Crippen LogP contribution in [0.15, 0.2) is 0 Å². The van der Waals surface area contributed by atoms with Crippen LogP contribution in [-0.2, 0) is 4.79 Å². The number of nitrogens with zero attached hydrogens (tertiary/aromatic N) is 1. The molecule has 5 heteroatoms. The van der Waals surface area contributed by atoms with E-state index in [0.29, 0.717) is 18.3 Å². The Morgan fingerprint density at radius 3 is 2.29 bits per heavy atom. The number of hydrogen-bond acceptors (Lipinski definition) is 2. The van der Waals surface area contributed by atoms with E-state index in [1.807, 2.05) is 25.7 Å². The summed E-state index contributed by atoms with van der Waals surface area (Å²) in [5.74, 6) is -0.0132. The average Bonchev–Trinajstić information content (AvgIpc) is 2.92. The number of carboxylic acids is 1. The predicted molar refractivity (Wildman–Crippen MR) is 81.0 cm³/mol. The highest BCUT2D eigenvalue weighted by Gasteiger charge is 2.38. The van der Waals surface area contributed by atoms with Crippen LogP contribution in [0.4, 0.5) is 4.79 Å². The molecule has 21 heavy (non-hydrogen) atoms. The maximum absolute atomic E-state index is 12.2. The number of aliphatic carboxylic acids is 1. The topological polar surface area (TPSA) is 69.6 Å². The van der Waals surface area contributed by atoms with E-state index in [9.17, 15) is 14.7 Å². The summed E-state index contributed by atoms with van der Waals surface area (Å²) in [6.07, 6.45) is 4.32. The van der Waals surface area contributed by atoms with Gasteiger partial charge in [0.05, 0.1) is 5.92 Å². The number of amides is 2. The first-order valence-electron chi connectivity index (χ1n) is 8.02. The van der Waals surface area contributed by atoms with Gasteiger partial charge in [-0.2, -0.15) is 0 Å². The van der Waals surface area contributed by atoms with Crippen molar-refractivity contribution in [1.29, 1.82) is 0 Å². The third kappa shape index (κ3) is 4.35. The minimum atomic E-state index is -0.830. The van der Waals surface area contributed by atoms with Crippen molar-refractivity contribution in [3.05, 3.63) is 0 Å². The second-order valence-corrected chi connectivity index (χ2v) is 7.84. The fourth-order valence-corrected chi connectivity index (χ4v) is 3.71. The molecule has 0 spiro atoms. The van der Waals surface area contributed by atoms with Gasteiger partial charge in [0.1, 0.15) is 0 Å².